The summed E-state index contributed by atoms with van der Waals surface area (Å²) in [7, 11) is 0. The van der Waals surface area contributed by atoms with Gasteiger partial charge in [0.2, 0.25) is 0 Å². The summed E-state index contributed by atoms with van der Waals surface area (Å²) in [5.74, 6) is -2.81. The number of hydrogen-bond donors (Lipinski definition) is 1. The van der Waals surface area contributed by atoms with E-state index in [1.165, 1.54) is 0 Å². The summed E-state index contributed by atoms with van der Waals surface area (Å²) < 4.78 is 5.27. The minimum Gasteiger partial charge on any atom is -0.481 e. The average Bonchev–Trinajstić information content (AvgIpc) is 3.26. The Kier molecular flexibility index (Phi) is 5.03. The number of ether oxygens (including phenoxy) is 1. The van der Waals surface area contributed by atoms with Crippen molar-refractivity contribution in [2.75, 3.05) is 6.61 Å². The van der Waals surface area contributed by atoms with E-state index in [2.05, 4.69) is 24.3 Å². The Balaban J connectivity index is 1.92. The van der Waals surface area contributed by atoms with Crippen LogP contribution in [0.4, 0.5) is 0 Å². The molecule has 2 aromatic rings. The molecule has 144 valence electrons. The fourth-order valence-corrected chi connectivity index (χ4v) is 5.15. The fraction of sp³-hybridized carbons (Fsp3) is 0.333. The molecule has 4 atom stereocenters. The molecule has 0 amide bonds. The second-order valence-corrected chi connectivity index (χ2v) is 7.49. The molecule has 0 spiro atoms. The van der Waals surface area contributed by atoms with E-state index < -0.39 is 17.8 Å². The standard InChI is InChI=1S/C24H24O4/c1-2-28-24(27)22-18-14-13-17(21(22)23(25)26)20(18)19(15-9-5-3-6-10-15)16-11-7-4-8-12-16/h3-12,17-18,21-22H,2,13-14H2,1H3,(H,25,26)/t17-,18-,21+,22+/m1/s1. The highest BCUT2D eigenvalue weighted by molar-refractivity contribution is 5.89. The number of fused-ring (bicyclic) bond motifs is 2. The molecule has 4 rings (SSSR count). The van der Waals surface area contributed by atoms with Crippen molar-refractivity contribution in [1.82, 2.24) is 0 Å². The Morgan fingerprint density at radius 3 is 1.86 bits per heavy atom. The van der Waals surface area contributed by atoms with Crippen molar-refractivity contribution in [2.45, 2.75) is 19.8 Å². The van der Waals surface area contributed by atoms with Crippen LogP contribution in [0.3, 0.4) is 0 Å². The second-order valence-electron chi connectivity index (χ2n) is 7.49. The van der Waals surface area contributed by atoms with Crippen LogP contribution < -0.4 is 0 Å². The monoisotopic (exact) mass is 376 g/mol. The Hall–Kier alpha value is -2.88. The molecule has 2 bridgehead atoms. The number of allylic oxidation sites excluding steroid dienone is 1. The smallest absolute Gasteiger partial charge is 0.310 e. The molecule has 0 radical (unpaired) electrons. The summed E-state index contributed by atoms with van der Waals surface area (Å²) in [6.07, 6.45) is 1.63. The minimum atomic E-state index is -0.900. The molecular weight excluding hydrogens is 352 g/mol. The molecule has 4 heteroatoms. The number of hydrogen-bond acceptors (Lipinski definition) is 3. The van der Waals surface area contributed by atoms with Crippen molar-refractivity contribution in [3.8, 4) is 0 Å². The van der Waals surface area contributed by atoms with Gasteiger partial charge in [-0.2, -0.15) is 0 Å². The lowest BCUT2D eigenvalue weighted by Gasteiger charge is -2.25. The third-order valence-electron chi connectivity index (χ3n) is 6.10. The van der Waals surface area contributed by atoms with Gasteiger partial charge in [0.1, 0.15) is 0 Å². The molecule has 2 aliphatic carbocycles. The van der Waals surface area contributed by atoms with Crippen LogP contribution in [0, 0.1) is 23.7 Å². The largest absolute Gasteiger partial charge is 0.481 e. The fourth-order valence-electron chi connectivity index (χ4n) is 5.15. The van der Waals surface area contributed by atoms with Crippen molar-refractivity contribution >= 4 is 17.5 Å². The number of carboxylic acids is 1. The minimum absolute atomic E-state index is 0.0828. The van der Waals surface area contributed by atoms with Gasteiger partial charge in [-0.15, -0.1) is 0 Å². The van der Waals surface area contributed by atoms with Gasteiger partial charge in [0.25, 0.3) is 0 Å². The summed E-state index contributed by atoms with van der Waals surface area (Å²) in [6.45, 7) is 2.03. The molecule has 1 N–H and O–H groups in total. The highest BCUT2D eigenvalue weighted by atomic mass is 16.5. The Morgan fingerprint density at radius 2 is 1.39 bits per heavy atom. The molecule has 0 aliphatic heterocycles. The number of benzene rings is 2. The van der Waals surface area contributed by atoms with Gasteiger partial charge >= 0.3 is 11.9 Å². The molecule has 2 saturated carbocycles. The number of aliphatic carboxylic acids is 1. The molecule has 0 saturated heterocycles. The predicted octanol–water partition coefficient (Wildman–Crippen LogP) is 4.41. The maximum Gasteiger partial charge on any atom is 0.310 e. The second kappa shape index (κ2) is 7.63. The van der Waals surface area contributed by atoms with E-state index in [9.17, 15) is 14.7 Å². The summed E-state index contributed by atoms with van der Waals surface area (Å²) in [5, 5.41) is 9.93. The van der Waals surface area contributed by atoms with Gasteiger partial charge in [-0.05, 0) is 48.3 Å². The first kappa shape index (κ1) is 18.5. The van der Waals surface area contributed by atoms with Gasteiger partial charge in [0.05, 0.1) is 18.4 Å². The number of carbonyl (C=O) groups excluding carboxylic acids is 1. The van der Waals surface area contributed by atoms with Crippen LogP contribution in [-0.2, 0) is 14.3 Å². The summed E-state index contributed by atoms with van der Waals surface area (Å²) >= 11 is 0. The van der Waals surface area contributed by atoms with Crippen LogP contribution >= 0.6 is 0 Å². The normalized spacial score (nSPS) is 25.5. The molecule has 0 aromatic heterocycles. The van der Waals surface area contributed by atoms with Gasteiger partial charge in [0, 0.05) is 0 Å². The van der Waals surface area contributed by atoms with Crippen molar-refractivity contribution in [3.63, 3.8) is 0 Å². The maximum absolute atomic E-state index is 12.7. The number of esters is 1. The number of carbonyl (C=O) groups is 2. The van der Waals surface area contributed by atoms with Gasteiger partial charge in [-0.25, -0.2) is 0 Å². The van der Waals surface area contributed by atoms with Crippen molar-refractivity contribution in [2.24, 2.45) is 23.7 Å². The molecule has 4 nitrogen and oxygen atoms in total. The van der Waals surface area contributed by atoms with Crippen LogP contribution in [0.5, 0.6) is 0 Å². The Morgan fingerprint density at radius 1 is 0.893 bits per heavy atom. The van der Waals surface area contributed by atoms with Crippen LogP contribution in [0.25, 0.3) is 5.57 Å². The summed E-state index contributed by atoms with van der Waals surface area (Å²) in [6, 6.07) is 20.2. The van der Waals surface area contributed by atoms with Crippen LogP contribution in [-0.4, -0.2) is 23.7 Å². The van der Waals surface area contributed by atoms with Crippen LogP contribution in [0.1, 0.15) is 30.9 Å². The maximum atomic E-state index is 12.7. The molecule has 0 unspecified atom stereocenters. The van der Waals surface area contributed by atoms with Crippen molar-refractivity contribution < 1.29 is 19.4 Å². The van der Waals surface area contributed by atoms with Crippen molar-refractivity contribution in [1.29, 1.82) is 0 Å². The zero-order valence-corrected chi connectivity index (χ0v) is 15.9. The number of carboxylic acid groups (broad SMARTS) is 1. The SMILES string of the molecule is CCOC(=O)[C@@H]1[C@@H](C(=O)O)[C@@H]2CC[C@@H]1C2=C(c1ccccc1)c1ccccc1. The van der Waals surface area contributed by atoms with E-state index >= 15 is 0 Å². The molecule has 28 heavy (non-hydrogen) atoms. The number of rotatable bonds is 5. The van der Waals surface area contributed by atoms with Gasteiger partial charge in [-0.1, -0.05) is 66.2 Å². The topological polar surface area (TPSA) is 63.6 Å². The molecular formula is C24H24O4. The van der Waals surface area contributed by atoms with Gasteiger partial charge in [0.15, 0.2) is 0 Å². The molecule has 2 aliphatic rings. The van der Waals surface area contributed by atoms with E-state index in [0.29, 0.717) is 0 Å². The molecule has 2 fully saturated rings. The zero-order valence-electron chi connectivity index (χ0n) is 15.9. The first-order valence-corrected chi connectivity index (χ1v) is 9.87. The van der Waals surface area contributed by atoms with E-state index in [4.69, 9.17) is 4.74 Å². The van der Waals surface area contributed by atoms with Gasteiger partial charge < -0.3 is 9.84 Å². The van der Waals surface area contributed by atoms with E-state index in [0.717, 1.165) is 35.1 Å². The molecule has 0 heterocycles. The van der Waals surface area contributed by atoms with E-state index in [1.54, 1.807) is 6.92 Å². The van der Waals surface area contributed by atoms with E-state index in [-0.39, 0.29) is 24.4 Å². The summed E-state index contributed by atoms with van der Waals surface area (Å²) in [5.41, 5.74) is 4.32. The lowest BCUT2D eigenvalue weighted by Crippen LogP contribution is -2.35. The quantitative estimate of drug-likeness (QED) is 0.785. The lowest BCUT2D eigenvalue weighted by atomic mass is 9.79. The van der Waals surface area contributed by atoms with Crippen LogP contribution in [0.2, 0.25) is 0 Å². The summed E-state index contributed by atoms with van der Waals surface area (Å²) in [4.78, 5) is 24.8. The zero-order chi connectivity index (χ0) is 19.7. The first-order chi connectivity index (χ1) is 13.6. The third-order valence-corrected chi connectivity index (χ3v) is 6.10. The highest BCUT2D eigenvalue weighted by Gasteiger charge is 2.58. The van der Waals surface area contributed by atoms with E-state index in [1.807, 2.05) is 36.4 Å². The molecule has 2 aromatic carbocycles. The predicted molar refractivity (Wildman–Crippen MR) is 106 cm³/mol. The highest BCUT2D eigenvalue weighted by Crippen LogP contribution is 2.59. The van der Waals surface area contributed by atoms with Gasteiger partial charge in [-0.3, -0.25) is 9.59 Å². The third kappa shape index (κ3) is 3.03. The van der Waals surface area contributed by atoms with Crippen LogP contribution in [0.15, 0.2) is 66.2 Å². The lowest BCUT2D eigenvalue weighted by molar-refractivity contribution is -0.159. The Bertz CT molecular complexity index is 859. The first-order valence-electron chi connectivity index (χ1n) is 9.87. The Labute approximate surface area is 164 Å². The average molecular weight is 376 g/mol. The van der Waals surface area contributed by atoms with Crippen molar-refractivity contribution in [3.05, 3.63) is 77.4 Å².